The Bertz CT molecular complexity index is 661. The third-order valence-electron chi connectivity index (χ3n) is 2.67. The lowest BCUT2D eigenvalue weighted by atomic mass is 10.1. The van der Waals surface area contributed by atoms with Crippen LogP contribution in [0.3, 0.4) is 0 Å². The first kappa shape index (κ1) is 10.1. The number of hydrogen-bond donors (Lipinski definition) is 2. The molecular weight excluding hydrogens is 216 g/mol. The highest BCUT2D eigenvalue weighted by atomic mass is 16.4. The summed E-state index contributed by atoms with van der Waals surface area (Å²) in [4.78, 5) is 4.39. The number of hydrogen-bond acceptors (Lipinski definition) is 4. The van der Waals surface area contributed by atoms with E-state index in [-0.39, 0.29) is 6.61 Å². The molecule has 1 aromatic heterocycles. The van der Waals surface area contributed by atoms with E-state index in [2.05, 4.69) is 10.3 Å². The molecule has 0 fully saturated rings. The van der Waals surface area contributed by atoms with Crippen LogP contribution in [0.4, 0.5) is 6.01 Å². The van der Waals surface area contributed by atoms with Crippen molar-refractivity contribution in [1.82, 2.24) is 4.98 Å². The highest BCUT2D eigenvalue weighted by Gasteiger charge is 2.07. The maximum atomic E-state index is 8.74. The van der Waals surface area contributed by atoms with Gasteiger partial charge in [0.05, 0.1) is 6.61 Å². The average molecular weight is 228 g/mol. The second-order valence-corrected chi connectivity index (χ2v) is 3.80. The molecule has 4 heteroatoms. The van der Waals surface area contributed by atoms with E-state index in [1.54, 1.807) is 0 Å². The second-order valence-electron chi connectivity index (χ2n) is 3.80. The van der Waals surface area contributed by atoms with Crippen molar-refractivity contribution in [2.75, 3.05) is 18.5 Å². The van der Waals surface area contributed by atoms with Crippen molar-refractivity contribution >= 4 is 27.9 Å². The third kappa shape index (κ3) is 1.72. The zero-order valence-electron chi connectivity index (χ0n) is 9.18. The van der Waals surface area contributed by atoms with Crippen LogP contribution in [0.25, 0.3) is 21.9 Å². The Labute approximate surface area is 97.9 Å². The topological polar surface area (TPSA) is 58.3 Å². The Morgan fingerprint density at radius 2 is 2.06 bits per heavy atom. The molecule has 2 aromatic carbocycles. The number of nitrogens with zero attached hydrogens (tertiary/aromatic N) is 1. The summed E-state index contributed by atoms with van der Waals surface area (Å²) in [7, 11) is 0. The van der Waals surface area contributed by atoms with Gasteiger partial charge in [0.2, 0.25) is 0 Å². The van der Waals surface area contributed by atoms with Crippen molar-refractivity contribution in [1.29, 1.82) is 0 Å². The summed E-state index contributed by atoms with van der Waals surface area (Å²) in [6.45, 7) is 0.490. The van der Waals surface area contributed by atoms with Crippen LogP contribution >= 0.6 is 0 Å². The van der Waals surface area contributed by atoms with E-state index in [0.29, 0.717) is 12.6 Å². The van der Waals surface area contributed by atoms with Crippen LogP contribution in [0.1, 0.15) is 0 Å². The summed E-state index contributed by atoms with van der Waals surface area (Å²) in [5.74, 6) is 0. The van der Waals surface area contributed by atoms with Gasteiger partial charge >= 0.3 is 0 Å². The van der Waals surface area contributed by atoms with Gasteiger partial charge in [0.25, 0.3) is 6.01 Å². The number of rotatable bonds is 3. The molecule has 3 rings (SSSR count). The number of fused-ring (bicyclic) bond motifs is 3. The molecule has 0 bridgehead atoms. The Morgan fingerprint density at radius 3 is 2.94 bits per heavy atom. The van der Waals surface area contributed by atoms with Gasteiger partial charge in [-0.25, -0.2) is 0 Å². The van der Waals surface area contributed by atoms with Gasteiger partial charge in [0, 0.05) is 11.9 Å². The van der Waals surface area contributed by atoms with Crippen LogP contribution < -0.4 is 5.32 Å². The molecule has 0 aliphatic heterocycles. The van der Waals surface area contributed by atoms with E-state index >= 15 is 0 Å². The minimum atomic E-state index is 0.0550. The first-order chi connectivity index (χ1) is 8.38. The largest absolute Gasteiger partial charge is 0.424 e. The van der Waals surface area contributed by atoms with E-state index in [1.807, 2.05) is 36.4 Å². The molecule has 0 unspecified atom stereocenters. The first-order valence-electron chi connectivity index (χ1n) is 5.51. The summed E-state index contributed by atoms with van der Waals surface area (Å²) in [5, 5.41) is 13.9. The van der Waals surface area contributed by atoms with E-state index in [1.165, 1.54) is 0 Å². The van der Waals surface area contributed by atoms with Crippen molar-refractivity contribution < 1.29 is 9.52 Å². The Morgan fingerprint density at radius 1 is 1.18 bits per heavy atom. The zero-order chi connectivity index (χ0) is 11.7. The lowest BCUT2D eigenvalue weighted by Crippen LogP contribution is -2.05. The molecule has 1 heterocycles. The number of oxazole rings is 1. The minimum absolute atomic E-state index is 0.0550. The van der Waals surface area contributed by atoms with Crippen LogP contribution in [0, 0.1) is 0 Å². The predicted molar refractivity (Wildman–Crippen MR) is 67.1 cm³/mol. The molecule has 0 amide bonds. The molecule has 0 saturated carbocycles. The fourth-order valence-corrected chi connectivity index (χ4v) is 1.90. The summed E-state index contributed by atoms with van der Waals surface area (Å²) < 4.78 is 5.54. The lowest BCUT2D eigenvalue weighted by molar-refractivity contribution is 0.310. The van der Waals surface area contributed by atoms with Crippen molar-refractivity contribution in [2.24, 2.45) is 0 Å². The van der Waals surface area contributed by atoms with Crippen LogP contribution in [0.15, 0.2) is 40.8 Å². The van der Waals surface area contributed by atoms with Gasteiger partial charge in [-0.05, 0) is 11.5 Å². The molecule has 0 saturated heterocycles. The molecule has 3 aromatic rings. The average Bonchev–Trinajstić information content (AvgIpc) is 2.79. The highest BCUT2D eigenvalue weighted by molar-refractivity contribution is 6.03. The van der Waals surface area contributed by atoms with Crippen molar-refractivity contribution in [3.05, 3.63) is 36.4 Å². The fourth-order valence-electron chi connectivity index (χ4n) is 1.90. The van der Waals surface area contributed by atoms with Gasteiger partial charge in [0.15, 0.2) is 5.58 Å². The van der Waals surface area contributed by atoms with E-state index in [4.69, 9.17) is 9.52 Å². The molecular formula is C13H12N2O2. The molecule has 86 valence electrons. The monoisotopic (exact) mass is 228 g/mol. The van der Waals surface area contributed by atoms with Gasteiger partial charge in [0.1, 0.15) is 5.52 Å². The van der Waals surface area contributed by atoms with Gasteiger partial charge in [-0.2, -0.15) is 4.98 Å². The number of aliphatic hydroxyl groups excluding tert-OH is 1. The molecule has 17 heavy (non-hydrogen) atoms. The smallest absolute Gasteiger partial charge is 0.295 e. The summed E-state index contributed by atoms with van der Waals surface area (Å²) in [5.41, 5.74) is 1.60. The van der Waals surface area contributed by atoms with Crippen LogP contribution in [-0.4, -0.2) is 23.2 Å². The van der Waals surface area contributed by atoms with E-state index in [9.17, 15) is 0 Å². The van der Waals surface area contributed by atoms with E-state index in [0.717, 1.165) is 21.9 Å². The first-order valence-corrected chi connectivity index (χ1v) is 5.51. The molecule has 4 nitrogen and oxygen atoms in total. The van der Waals surface area contributed by atoms with E-state index < -0.39 is 0 Å². The van der Waals surface area contributed by atoms with Crippen LogP contribution in [0.2, 0.25) is 0 Å². The fraction of sp³-hybridized carbons (Fsp3) is 0.154. The number of aliphatic hydroxyl groups is 1. The third-order valence-corrected chi connectivity index (χ3v) is 2.67. The van der Waals surface area contributed by atoms with Crippen LogP contribution in [0.5, 0.6) is 0 Å². The van der Waals surface area contributed by atoms with Crippen molar-refractivity contribution in [3.63, 3.8) is 0 Å². The SMILES string of the molecule is OCCNc1nc2c(ccc3ccccc32)o1. The minimum Gasteiger partial charge on any atom is -0.424 e. The summed E-state index contributed by atoms with van der Waals surface area (Å²) in [6, 6.07) is 12.4. The Hall–Kier alpha value is -2.07. The van der Waals surface area contributed by atoms with Crippen molar-refractivity contribution in [3.8, 4) is 0 Å². The standard InChI is InChI=1S/C13H12N2O2/c16-8-7-14-13-15-12-10-4-2-1-3-9(10)5-6-11(12)17-13/h1-6,16H,7-8H2,(H,14,15). The van der Waals surface area contributed by atoms with Crippen molar-refractivity contribution in [2.45, 2.75) is 0 Å². The molecule has 0 aliphatic rings. The molecule has 0 radical (unpaired) electrons. The van der Waals surface area contributed by atoms with Gasteiger partial charge in [-0.15, -0.1) is 0 Å². The highest BCUT2D eigenvalue weighted by Crippen LogP contribution is 2.26. The van der Waals surface area contributed by atoms with Gasteiger partial charge < -0.3 is 14.8 Å². The lowest BCUT2D eigenvalue weighted by Gasteiger charge is -1.95. The maximum Gasteiger partial charge on any atom is 0.295 e. The zero-order valence-corrected chi connectivity index (χ0v) is 9.18. The maximum absolute atomic E-state index is 8.74. The molecule has 0 aliphatic carbocycles. The number of benzene rings is 2. The molecule has 2 N–H and O–H groups in total. The normalized spacial score (nSPS) is 11.1. The summed E-state index contributed by atoms with van der Waals surface area (Å²) in [6.07, 6.45) is 0. The Balaban J connectivity index is 2.17. The van der Waals surface area contributed by atoms with Crippen LogP contribution in [-0.2, 0) is 0 Å². The predicted octanol–water partition coefficient (Wildman–Crippen LogP) is 2.39. The van der Waals surface area contributed by atoms with Gasteiger partial charge in [-0.3, -0.25) is 0 Å². The van der Waals surface area contributed by atoms with Gasteiger partial charge in [-0.1, -0.05) is 30.3 Å². The number of nitrogens with one attached hydrogen (secondary N) is 1. The second kappa shape index (κ2) is 4.07. The number of anilines is 1. The number of aromatic nitrogens is 1. The summed E-state index contributed by atoms with van der Waals surface area (Å²) >= 11 is 0. The Kier molecular flexibility index (Phi) is 2.42. The molecule has 0 atom stereocenters. The quantitative estimate of drug-likeness (QED) is 0.722. The molecule has 0 spiro atoms.